The van der Waals surface area contributed by atoms with Gasteiger partial charge in [-0.15, -0.1) is 10.2 Å². The third kappa shape index (κ3) is 11.5. The summed E-state index contributed by atoms with van der Waals surface area (Å²) >= 11 is 1.87. The minimum atomic E-state index is -4.75. The molecule has 3 aliphatic rings. The molecule has 1 aromatic rings. The lowest BCUT2D eigenvalue weighted by molar-refractivity contribution is -0.166. The molecule has 1 aromatic carbocycles. The second kappa shape index (κ2) is 18.4. The molecule has 0 aliphatic carbocycles. The lowest BCUT2D eigenvalue weighted by Crippen LogP contribution is -2.36. The first kappa shape index (κ1) is 38.2. The zero-order chi connectivity index (χ0) is 35.3. The number of benzene rings is 1. The average molecular weight is 717 g/mol. The summed E-state index contributed by atoms with van der Waals surface area (Å²) in [5, 5.41) is 27.6. The van der Waals surface area contributed by atoms with Gasteiger partial charge in [0.15, 0.2) is 0 Å². The third-order valence-electron chi connectivity index (χ3n) is 8.22. The van der Waals surface area contributed by atoms with Crippen molar-refractivity contribution in [2.75, 3.05) is 51.9 Å². The predicted molar refractivity (Wildman–Crippen MR) is 172 cm³/mol. The number of fused-ring (bicyclic) bond motifs is 1. The van der Waals surface area contributed by atoms with E-state index in [9.17, 15) is 37.5 Å². The van der Waals surface area contributed by atoms with E-state index in [4.69, 9.17) is 14.2 Å². The number of ether oxygens (including phenoxy) is 3. The molecule has 3 unspecified atom stereocenters. The van der Waals surface area contributed by atoms with Crippen LogP contribution in [0.4, 0.5) is 18.0 Å². The number of carbonyl (C=O) groups excluding carboxylic acids is 3. The number of thioether (sulfide) groups is 1. The van der Waals surface area contributed by atoms with Crippen molar-refractivity contribution in [1.29, 1.82) is 0 Å². The monoisotopic (exact) mass is 716 g/mol. The largest absolute Gasteiger partial charge is 0.490 e. The minimum absolute atomic E-state index is 0.0345. The van der Waals surface area contributed by atoms with Gasteiger partial charge in [0.25, 0.3) is 0 Å². The van der Waals surface area contributed by atoms with E-state index in [1.54, 1.807) is 0 Å². The van der Waals surface area contributed by atoms with Crippen LogP contribution < -0.4 is 26.0 Å². The number of halogens is 3. The molecule has 4 rings (SSSR count). The van der Waals surface area contributed by atoms with Gasteiger partial charge >= 0.3 is 23.8 Å². The van der Waals surface area contributed by atoms with Gasteiger partial charge in [0.2, 0.25) is 11.8 Å². The highest BCUT2D eigenvalue weighted by atomic mass is 32.2. The first-order chi connectivity index (χ1) is 23.5. The normalized spacial score (nSPS) is 20.3. The Morgan fingerprint density at radius 1 is 0.918 bits per heavy atom. The van der Waals surface area contributed by atoms with E-state index < -0.39 is 17.8 Å². The van der Waals surface area contributed by atoms with E-state index in [0.29, 0.717) is 37.6 Å². The Kier molecular flexibility index (Phi) is 14.3. The molecule has 14 nitrogen and oxygen atoms in total. The lowest BCUT2D eigenvalue weighted by Gasteiger charge is -2.17. The molecule has 272 valence electrons. The van der Waals surface area contributed by atoms with Crippen molar-refractivity contribution in [1.82, 2.24) is 21.3 Å². The highest BCUT2D eigenvalue weighted by molar-refractivity contribution is 8.00. The molecule has 3 aliphatic heterocycles. The first-order valence-electron chi connectivity index (χ1n) is 16.4. The van der Waals surface area contributed by atoms with E-state index in [2.05, 4.69) is 31.5 Å². The fourth-order valence-electron chi connectivity index (χ4n) is 5.54. The van der Waals surface area contributed by atoms with Crippen LogP contribution in [-0.2, 0) is 24.7 Å². The van der Waals surface area contributed by atoms with Crippen molar-refractivity contribution in [2.24, 2.45) is 10.2 Å². The zero-order valence-electron chi connectivity index (χ0n) is 27.0. The van der Waals surface area contributed by atoms with Crippen molar-refractivity contribution < 1.29 is 51.7 Å². The summed E-state index contributed by atoms with van der Waals surface area (Å²) < 4.78 is 56.0. The maximum atomic E-state index is 13.3. The average Bonchev–Trinajstić information content (AvgIpc) is 3.70. The number of amides is 4. The van der Waals surface area contributed by atoms with Crippen LogP contribution >= 0.6 is 11.8 Å². The Morgan fingerprint density at radius 3 is 2.29 bits per heavy atom. The van der Waals surface area contributed by atoms with E-state index in [-0.39, 0.29) is 79.8 Å². The number of nitrogens with one attached hydrogen (secondary N) is 4. The Balaban J connectivity index is 0.925. The molecule has 0 saturated carbocycles. The zero-order valence-corrected chi connectivity index (χ0v) is 27.8. The highest BCUT2D eigenvalue weighted by Gasteiger charge is 2.65. The van der Waals surface area contributed by atoms with Crippen molar-refractivity contribution in [3.05, 3.63) is 29.3 Å². The molecule has 4 amide bonds. The molecule has 3 heterocycles. The first-order valence-corrected chi connectivity index (χ1v) is 17.4. The highest BCUT2D eigenvalue weighted by Crippen LogP contribution is 2.53. The van der Waals surface area contributed by atoms with Crippen LogP contribution in [0, 0.1) is 0 Å². The summed E-state index contributed by atoms with van der Waals surface area (Å²) in [5.41, 5.74) is -3.32. The number of unbranched alkanes of at least 4 members (excludes halogenated alkanes) is 3. The van der Waals surface area contributed by atoms with Crippen LogP contribution in [0.3, 0.4) is 0 Å². The number of aromatic carboxylic acids is 1. The predicted octanol–water partition coefficient (Wildman–Crippen LogP) is 3.50. The molecule has 0 spiro atoms. The van der Waals surface area contributed by atoms with Gasteiger partial charge in [0.1, 0.15) is 17.9 Å². The van der Waals surface area contributed by atoms with Crippen LogP contribution in [0.2, 0.25) is 0 Å². The summed E-state index contributed by atoms with van der Waals surface area (Å²) in [6, 6.07) is 3.33. The number of urea groups is 1. The topological polar surface area (TPSA) is 189 Å². The third-order valence-corrected chi connectivity index (χ3v) is 9.73. The van der Waals surface area contributed by atoms with Crippen LogP contribution in [0.15, 0.2) is 28.4 Å². The summed E-state index contributed by atoms with van der Waals surface area (Å²) in [7, 11) is 0. The van der Waals surface area contributed by atoms with Crippen molar-refractivity contribution >= 4 is 35.6 Å². The van der Waals surface area contributed by atoms with Gasteiger partial charge in [-0.1, -0.05) is 18.9 Å². The molecule has 0 aromatic heterocycles. The number of hydrogen-bond acceptors (Lipinski definition) is 10. The van der Waals surface area contributed by atoms with Crippen LogP contribution in [0.5, 0.6) is 5.75 Å². The van der Waals surface area contributed by atoms with Gasteiger partial charge in [0.05, 0.1) is 38.5 Å². The van der Waals surface area contributed by atoms with Gasteiger partial charge in [0, 0.05) is 42.5 Å². The molecule has 49 heavy (non-hydrogen) atoms. The molecule has 3 atom stereocenters. The van der Waals surface area contributed by atoms with Gasteiger partial charge in [-0.3, -0.25) is 9.59 Å². The molecule has 5 N–H and O–H groups in total. The van der Waals surface area contributed by atoms with Crippen LogP contribution in [0.1, 0.15) is 67.3 Å². The quantitative estimate of drug-likeness (QED) is 0.0834. The number of nitrogens with zero attached hydrogens (tertiary/aromatic N) is 2. The van der Waals surface area contributed by atoms with Crippen LogP contribution in [0.25, 0.3) is 0 Å². The molecular weight excluding hydrogens is 673 g/mol. The molecule has 0 radical (unpaired) electrons. The summed E-state index contributed by atoms with van der Waals surface area (Å²) in [6.07, 6.45) is 1.16. The molecule has 2 fully saturated rings. The standard InChI is InChI=1S/C31H43F3N6O8S/c32-31(33,34)30(39-40-30)20-9-10-21(28(43)44)23(18-20)48-17-16-47-15-14-46-13-12-36-26(42)7-2-1-5-11-35-25(41)8-4-3-6-24-27-22(19-49-24)37-29(45)38-27/h9-10,18,22,24,27H,1-8,11-17,19H2,(H,35,41)(H,36,42)(H,43,44)(H2,37,38,45). The van der Waals surface area contributed by atoms with Crippen molar-refractivity contribution in [3.63, 3.8) is 0 Å². The number of carboxylic acids is 1. The van der Waals surface area contributed by atoms with E-state index >= 15 is 0 Å². The Labute approximate surface area is 286 Å². The number of carbonyl (C=O) groups is 4. The Hall–Kier alpha value is -3.64. The molecule has 0 bridgehead atoms. The number of rotatable bonds is 23. The van der Waals surface area contributed by atoms with Gasteiger partial charge in [-0.05, 0) is 37.8 Å². The van der Waals surface area contributed by atoms with Gasteiger partial charge in [-0.2, -0.15) is 24.9 Å². The SMILES string of the molecule is O=C(CCCCC1SCC2NC(=O)NC21)NCCCCCC(=O)NCCOCCOCCOc1cc(C2(C(F)(F)F)N=N2)ccc1C(=O)O. The second-order valence-corrected chi connectivity index (χ2v) is 13.1. The Morgan fingerprint density at radius 2 is 1.59 bits per heavy atom. The Bertz CT molecular complexity index is 1330. The number of carboxylic acid groups (broad SMARTS) is 1. The van der Waals surface area contributed by atoms with E-state index in [0.717, 1.165) is 56.1 Å². The van der Waals surface area contributed by atoms with E-state index in [1.807, 2.05) is 11.8 Å². The fraction of sp³-hybridized carbons (Fsp3) is 0.677. The lowest BCUT2D eigenvalue weighted by atomic mass is 10.0. The summed E-state index contributed by atoms with van der Waals surface area (Å²) in [5.74, 6) is -0.724. The smallest absolute Gasteiger partial charge is 0.442 e. The summed E-state index contributed by atoms with van der Waals surface area (Å²) in [4.78, 5) is 47.0. The number of alkyl halides is 3. The molecule has 18 heteroatoms. The van der Waals surface area contributed by atoms with Gasteiger partial charge in [-0.25, -0.2) is 9.59 Å². The molecule has 2 saturated heterocycles. The van der Waals surface area contributed by atoms with Crippen molar-refractivity contribution in [3.8, 4) is 5.75 Å². The van der Waals surface area contributed by atoms with E-state index in [1.165, 1.54) is 0 Å². The van der Waals surface area contributed by atoms with Crippen LogP contribution in [-0.4, -0.2) is 104 Å². The maximum absolute atomic E-state index is 13.3. The van der Waals surface area contributed by atoms with Crippen molar-refractivity contribution in [2.45, 2.75) is 80.5 Å². The number of hydrogen-bond donors (Lipinski definition) is 5. The fourth-order valence-corrected chi connectivity index (χ4v) is 7.08. The summed E-state index contributed by atoms with van der Waals surface area (Å²) in [6.45, 7) is 1.53. The van der Waals surface area contributed by atoms with Gasteiger partial charge < -0.3 is 40.6 Å². The second-order valence-electron chi connectivity index (χ2n) is 11.8. The maximum Gasteiger partial charge on any atom is 0.442 e. The molecular formula is C31H43F3N6O8S. The minimum Gasteiger partial charge on any atom is -0.490 e.